The van der Waals surface area contributed by atoms with E-state index < -0.39 is 0 Å². The van der Waals surface area contributed by atoms with Crippen LogP contribution in [0.4, 0.5) is 11.4 Å². The quantitative estimate of drug-likeness (QED) is 0.630. The summed E-state index contributed by atoms with van der Waals surface area (Å²) >= 11 is 0. The molecule has 1 amide bonds. The molecule has 0 spiro atoms. The summed E-state index contributed by atoms with van der Waals surface area (Å²) in [5, 5.41) is 0. The molecule has 3 aromatic rings. The van der Waals surface area contributed by atoms with Crippen LogP contribution < -0.4 is 4.90 Å². The van der Waals surface area contributed by atoms with Crippen molar-refractivity contribution in [2.75, 3.05) is 18.0 Å². The number of benzene rings is 2. The smallest absolute Gasteiger partial charge is 0.272 e. The van der Waals surface area contributed by atoms with Crippen molar-refractivity contribution in [1.82, 2.24) is 9.88 Å². The first-order valence-electron chi connectivity index (χ1n) is 9.93. The van der Waals surface area contributed by atoms with E-state index in [1.807, 2.05) is 41.3 Å². The molecule has 4 nitrogen and oxygen atoms in total. The second-order valence-electron chi connectivity index (χ2n) is 7.16. The molecule has 2 heterocycles. The van der Waals surface area contributed by atoms with Crippen LogP contribution in [-0.4, -0.2) is 28.9 Å². The normalized spacial score (nSPS) is 13.9. The Morgan fingerprint density at radius 3 is 2.25 bits per heavy atom. The molecule has 28 heavy (non-hydrogen) atoms. The number of nitrogens with zero attached hydrogens (tertiary/aromatic N) is 3. The molecule has 0 radical (unpaired) electrons. The van der Waals surface area contributed by atoms with Gasteiger partial charge in [-0.2, -0.15) is 0 Å². The number of pyridine rings is 1. The average molecular weight is 371 g/mol. The van der Waals surface area contributed by atoms with Gasteiger partial charge in [-0.25, -0.2) is 0 Å². The second kappa shape index (κ2) is 8.70. The molecule has 0 unspecified atom stereocenters. The van der Waals surface area contributed by atoms with Crippen LogP contribution in [0.3, 0.4) is 0 Å². The average Bonchev–Trinajstić information content (AvgIpc) is 2.79. The third-order valence-electron chi connectivity index (χ3n) is 5.17. The summed E-state index contributed by atoms with van der Waals surface area (Å²) < 4.78 is 0. The molecule has 142 valence electrons. The van der Waals surface area contributed by atoms with E-state index in [9.17, 15) is 4.79 Å². The number of hydrogen-bond donors (Lipinski definition) is 0. The van der Waals surface area contributed by atoms with E-state index in [1.165, 1.54) is 12.0 Å². The zero-order chi connectivity index (χ0) is 19.2. The number of piperidine rings is 1. The molecule has 0 aliphatic carbocycles. The van der Waals surface area contributed by atoms with Crippen molar-refractivity contribution in [1.29, 1.82) is 0 Å². The fourth-order valence-electron chi connectivity index (χ4n) is 3.67. The van der Waals surface area contributed by atoms with E-state index >= 15 is 0 Å². The third kappa shape index (κ3) is 4.22. The van der Waals surface area contributed by atoms with Gasteiger partial charge in [0, 0.05) is 37.2 Å². The van der Waals surface area contributed by atoms with Crippen molar-refractivity contribution in [3.05, 3.63) is 90.3 Å². The lowest BCUT2D eigenvalue weighted by molar-refractivity contribution is 0.0718. The van der Waals surface area contributed by atoms with Crippen LogP contribution in [0.15, 0.2) is 79.0 Å². The Bertz CT molecular complexity index is 905. The molecule has 0 N–H and O–H groups in total. The van der Waals surface area contributed by atoms with Gasteiger partial charge in [0.1, 0.15) is 5.69 Å². The van der Waals surface area contributed by atoms with Gasteiger partial charge in [-0.05, 0) is 49.1 Å². The summed E-state index contributed by atoms with van der Waals surface area (Å²) in [4.78, 5) is 21.5. The van der Waals surface area contributed by atoms with Crippen molar-refractivity contribution < 1.29 is 4.79 Å². The zero-order valence-electron chi connectivity index (χ0n) is 16.0. The molecular formula is C24H25N3O. The summed E-state index contributed by atoms with van der Waals surface area (Å²) in [5.74, 6) is 0.0364. The summed E-state index contributed by atoms with van der Waals surface area (Å²) in [5.41, 5.74) is 3.81. The van der Waals surface area contributed by atoms with E-state index in [2.05, 4.69) is 46.3 Å². The summed E-state index contributed by atoms with van der Waals surface area (Å²) in [6.45, 7) is 2.39. The highest BCUT2D eigenvalue weighted by Gasteiger charge is 2.20. The lowest BCUT2D eigenvalue weighted by Gasteiger charge is -2.28. The van der Waals surface area contributed by atoms with Crippen LogP contribution in [0, 0.1) is 0 Å². The van der Waals surface area contributed by atoms with Gasteiger partial charge in [0.25, 0.3) is 5.91 Å². The minimum atomic E-state index is 0.0364. The van der Waals surface area contributed by atoms with Gasteiger partial charge in [0.2, 0.25) is 0 Å². The first kappa shape index (κ1) is 18.2. The number of aromatic nitrogens is 1. The Hall–Kier alpha value is -3.14. The highest BCUT2D eigenvalue weighted by atomic mass is 16.2. The van der Waals surface area contributed by atoms with E-state index in [1.54, 1.807) is 6.20 Å². The maximum Gasteiger partial charge on any atom is 0.272 e. The summed E-state index contributed by atoms with van der Waals surface area (Å²) in [6.07, 6.45) is 5.11. The third-order valence-corrected chi connectivity index (χ3v) is 5.17. The second-order valence-corrected chi connectivity index (χ2v) is 7.16. The number of anilines is 2. The first-order chi connectivity index (χ1) is 13.8. The molecule has 0 atom stereocenters. The lowest BCUT2D eigenvalue weighted by Crippen LogP contribution is -2.36. The van der Waals surface area contributed by atoms with Crippen LogP contribution in [0.25, 0.3) is 0 Å². The molecule has 0 saturated carbocycles. The SMILES string of the molecule is O=C(c1cc(N(Cc2ccccc2)c2ccccc2)ccn1)N1CCCCC1. The van der Waals surface area contributed by atoms with Gasteiger partial charge in [0.15, 0.2) is 0 Å². The van der Waals surface area contributed by atoms with Gasteiger partial charge < -0.3 is 9.80 Å². The molecule has 0 bridgehead atoms. The van der Waals surface area contributed by atoms with Gasteiger partial charge in [-0.3, -0.25) is 9.78 Å². The Balaban J connectivity index is 1.65. The predicted molar refractivity (Wildman–Crippen MR) is 113 cm³/mol. The maximum atomic E-state index is 12.9. The molecule has 4 rings (SSSR count). The Labute approximate surface area is 166 Å². The molecule has 1 aromatic heterocycles. The monoisotopic (exact) mass is 371 g/mol. The molecule has 4 heteroatoms. The Morgan fingerprint density at radius 1 is 0.857 bits per heavy atom. The Kier molecular flexibility index (Phi) is 5.66. The fourth-order valence-corrected chi connectivity index (χ4v) is 3.67. The maximum absolute atomic E-state index is 12.9. The van der Waals surface area contributed by atoms with E-state index in [4.69, 9.17) is 0 Å². The predicted octanol–water partition coefficient (Wildman–Crippen LogP) is 5.05. The number of carbonyl (C=O) groups is 1. The zero-order valence-corrected chi connectivity index (χ0v) is 16.0. The molecule has 2 aromatic carbocycles. The summed E-state index contributed by atoms with van der Waals surface area (Å²) in [7, 11) is 0. The lowest BCUT2D eigenvalue weighted by atomic mass is 10.1. The summed E-state index contributed by atoms with van der Waals surface area (Å²) in [6, 6.07) is 24.5. The van der Waals surface area contributed by atoms with Crippen LogP contribution in [0.2, 0.25) is 0 Å². The molecule has 1 fully saturated rings. The highest BCUT2D eigenvalue weighted by Crippen LogP contribution is 2.28. The topological polar surface area (TPSA) is 36.4 Å². The van der Waals surface area contributed by atoms with Crippen molar-refractivity contribution in [3.8, 4) is 0 Å². The van der Waals surface area contributed by atoms with Gasteiger partial charge in [0.05, 0.1) is 0 Å². The number of likely N-dealkylation sites (tertiary alicyclic amines) is 1. The van der Waals surface area contributed by atoms with E-state index in [0.717, 1.165) is 43.9 Å². The number of carbonyl (C=O) groups excluding carboxylic acids is 1. The first-order valence-corrected chi connectivity index (χ1v) is 9.93. The van der Waals surface area contributed by atoms with Crippen molar-refractivity contribution in [2.24, 2.45) is 0 Å². The number of rotatable bonds is 5. The molecule has 1 aliphatic heterocycles. The van der Waals surface area contributed by atoms with Crippen LogP contribution in [-0.2, 0) is 6.54 Å². The molecule has 1 saturated heterocycles. The van der Waals surface area contributed by atoms with Gasteiger partial charge >= 0.3 is 0 Å². The molecular weight excluding hydrogens is 346 g/mol. The van der Waals surface area contributed by atoms with Crippen molar-refractivity contribution >= 4 is 17.3 Å². The Morgan fingerprint density at radius 2 is 1.54 bits per heavy atom. The van der Waals surface area contributed by atoms with Gasteiger partial charge in [-0.15, -0.1) is 0 Å². The van der Waals surface area contributed by atoms with Crippen LogP contribution in [0.1, 0.15) is 35.3 Å². The molecule has 1 aliphatic rings. The highest BCUT2D eigenvalue weighted by molar-refractivity contribution is 5.93. The number of hydrogen-bond acceptors (Lipinski definition) is 3. The van der Waals surface area contributed by atoms with E-state index in [-0.39, 0.29) is 5.91 Å². The van der Waals surface area contributed by atoms with Crippen LogP contribution in [0.5, 0.6) is 0 Å². The largest absolute Gasteiger partial charge is 0.337 e. The standard InChI is InChI=1S/C24H25N3O/c28-24(26-16-8-3-9-17-26)23-18-22(14-15-25-23)27(21-12-6-2-7-13-21)19-20-10-4-1-5-11-20/h1-2,4-7,10-15,18H,3,8-9,16-17,19H2. The number of amides is 1. The minimum absolute atomic E-state index is 0.0364. The number of para-hydroxylation sites is 1. The van der Waals surface area contributed by atoms with Crippen LogP contribution >= 0.6 is 0 Å². The van der Waals surface area contributed by atoms with Crippen molar-refractivity contribution in [3.63, 3.8) is 0 Å². The minimum Gasteiger partial charge on any atom is -0.337 e. The fraction of sp³-hybridized carbons (Fsp3) is 0.250. The van der Waals surface area contributed by atoms with Gasteiger partial charge in [-0.1, -0.05) is 48.5 Å². The van der Waals surface area contributed by atoms with E-state index in [0.29, 0.717) is 5.69 Å². The van der Waals surface area contributed by atoms with Crippen molar-refractivity contribution in [2.45, 2.75) is 25.8 Å².